The van der Waals surface area contributed by atoms with Gasteiger partial charge in [-0.25, -0.2) is 4.39 Å². The maximum atomic E-state index is 13.1. The standard InChI is InChI=1S/C16H17FN2O3/c1-21-14-6-10(13(18)9-15(14)22-2)7-16(20)19-12-5-3-4-11(17)8-12/h3-6,8-9H,7,18H2,1-2H3,(H,19,20). The normalized spacial score (nSPS) is 10.1. The van der Waals surface area contributed by atoms with Crippen LogP contribution in [0.15, 0.2) is 36.4 Å². The predicted octanol–water partition coefficient (Wildman–Crippen LogP) is 2.61. The van der Waals surface area contributed by atoms with Crippen LogP contribution >= 0.6 is 0 Å². The molecule has 0 atom stereocenters. The van der Waals surface area contributed by atoms with E-state index in [9.17, 15) is 9.18 Å². The SMILES string of the molecule is COc1cc(N)c(CC(=O)Nc2cccc(F)c2)cc1OC. The molecule has 2 rings (SSSR count). The number of carbonyl (C=O) groups excluding carboxylic acids is 1. The second-order valence-electron chi connectivity index (χ2n) is 4.64. The molecule has 0 aliphatic carbocycles. The van der Waals surface area contributed by atoms with E-state index in [4.69, 9.17) is 15.2 Å². The lowest BCUT2D eigenvalue weighted by molar-refractivity contribution is -0.115. The monoisotopic (exact) mass is 304 g/mol. The van der Waals surface area contributed by atoms with Gasteiger partial charge in [0.1, 0.15) is 5.82 Å². The zero-order valence-electron chi connectivity index (χ0n) is 12.4. The molecule has 116 valence electrons. The van der Waals surface area contributed by atoms with Gasteiger partial charge in [-0.1, -0.05) is 6.07 Å². The van der Waals surface area contributed by atoms with Gasteiger partial charge in [0.2, 0.25) is 5.91 Å². The number of hydrogen-bond acceptors (Lipinski definition) is 4. The molecule has 0 saturated heterocycles. The minimum Gasteiger partial charge on any atom is -0.493 e. The third kappa shape index (κ3) is 3.66. The average molecular weight is 304 g/mol. The maximum Gasteiger partial charge on any atom is 0.228 e. The van der Waals surface area contributed by atoms with Crippen LogP contribution in [0.2, 0.25) is 0 Å². The second kappa shape index (κ2) is 6.80. The van der Waals surface area contributed by atoms with E-state index in [1.165, 1.54) is 32.4 Å². The molecule has 0 saturated carbocycles. The number of nitrogen functional groups attached to an aromatic ring is 1. The van der Waals surface area contributed by atoms with Crippen LogP contribution in [0.4, 0.5) is 15.8 Å². The predicted molar refractivity (Wildman–Crippen MR) is 82.7 cm³/mol. The molecule has 3 N–H and O–H groups in total. The van der Waals surface area contributed by atoms with E-state index in [2.05, 4.69) is 5.32 Å². The molecule has 0 bridgehead atoms. The molecule has 5 nitrogen and oxygen atoms in total. The van der Waals surface area contributed by atoms with Crippen molar-refractivity contribution in [2.75, 3.05) is 25.3 Å². The van der Waals surface area contributed by atoms with Gasteiger partial charge in [0, 0.05) is 17.4 Å². The van der Waals surface area contributed by atoms with Gasteiger partial charge in [-0.15, -0.1) is 0 Å². The molecule has 0 aliphatic heterocycles. The zero-order valence-corrected chi connectivity index (χ0v) is 12.4. The van der Waals surface area contributed by atoms with Gasteiger partial charge < -0.3 is 20.5 Å². The van der Waals surface area contributed by atoms with Gasteiger partial charge >= 0.3 is 0 Å². The number of benzene rings is 2. The number of methoxy groups -OCH3 is 2. The van der Waals surface area contributed by atoms with E-state index >= 15 is 0 Å². The van der Waals surface area contributed by atoms with Gasteiger partial charge in [0.15, 0.2) is 11.5 Å². The van der Waals surface area contributed by atoms with Crippen molar-refractivity contribution in [2.24, 2.45) is 0 Å². The average Bonchev–Trinajstić information content (AvgIpc) is 2.48. The summed E-state index contributed by atoms with van der Waals surface area (Å²) in [5, 5.41) is 2.62. The van der Waals surface area contributed by atoms with E-state index in [0.29, 0.717) is 28.4 Å². The van der Waals surface area contributed by atoms with Crippen molar-refractivity contribution in [1.29, 1.82) is 0 Å². The van der Waals surface area contributed by atoms with Crippen LogP contribution in [0, 0.1) is 5.82 Å². The molecule has 2 aromatic rings. The first kappa shape index (κ1) is 15.6. The summed E-state index contributed by atoms with van der Waals surface area (Å²) < 4.78 is 23.4. The number of halogens is 1. The number of carbonyl (C=O) groups is 1. The summed E-state index contributed by atoms with van der Waals surface area (Å²) in [6, 6.07) is 8.94. The lowest BCUT2D eigenvalue weighted by Crippen LogP contribution is -2.15. The van der Waals surface area contributed by atoms with Crippen LogP contribution in [-0.4, -0.2) is 20.1 Å². The first-order valence-electron chi connectivity index (χ1n) is 6.59. The number of hydrogen-bond donors (Lipinski definition) is 2. The Morgan fingerprint density at radius 2 is 1.86 bits per heavy atom. The number of nitrogens with one attached hydrogen (secondary N) is 1. The molecule has 0 spiro atoms. The van der Waals surface area contributed by atoms with Gasteiger partial charge in [-0.3, -0.25) is 4.79 Å². The van der Waals surface area contributed by atoms with Crippen molar-refractivity contribution in [3.05, 3.63) is 47.8 Å². The Morgan fingerprint density at radius 3 is 2.50 bits per heavy atom. The van der Waals surface area contributed by atoms with Crippen LogP contribution in [-0.2, 0) is 11.2 Å². The molecule has 0 aliphatic rings. The molecule has 0 unspecified atom stereocenters. The van der Waals surface area contributed by atoms with Crippen molar-refractivity contribution in [3.8, 4) is 11.5 Å². The minimum absolute atomic E-state index is 0.0443. The fourth-order valence-electron chi connectivity index (χ4n) is 2.03. The highest BCUT2D eigenvalue weighted by molar-refractivity contribution is 5.93. The fraction of sp³-hybridized carbons (Fsp3) is 0.188. The first-order valence-corrected chi connectivity index (χ1v) is 6.59. The van der Waals surface area contributed by atoms with E-state index in [1.807, 2.05) is 0 Å². The van der Waals surface area contributed by atoms with E-state index in [-0.39, 0.29) is 12.3 Å². The van der Waals surface area contributed by atoms with Gasteiger partial charge in [0.05, 0.1) is 20.6 Å². The third-order valence-corrected chi connectivity index (χ3v) is 3.10. The number of nitrogens with two attached hydrogens (primary N) is 1. The molecule has 0 heterocycles. The molecule has 0 aromatic heterocycles. The van der Waals surface area contributed by atoms with Crippen molar-refractivity contribution in [1.82, 2.24) is 0 Å². The molecule has 0 fully saturated rings. The third-order valence-electron chi connectivity index (χ3n) is 3.10. The summed E-state index contributed by atoms with van der Waals surface area (Å²) in [6.45, 7) is 0. The Balaban J connectivity index is 2.14. The van der Waals surface area contributed by atoms with E-state index in [1.54, 1.807) is 18.2 Å². The number of amides is 1. The molecule has 2 aromatic carbocycles. The lowest BCUT2D eigenvalue weighted by Gasteiger charge is -2.12. The Kier molecular flexibility index (Phi) is 4.83. The second-order valence-corrected chi connectivity index (χ2v) is 4.64. The lowest BCUT2D eigenvalue weighted by atomic mass is 10.1. The summed E-state index contributed by atoms with van der Waals surface area (Å²) in [5.41, 5.74) is 7.33. The minimum atomic E-state index is -0.413. The van der Waals surface area contributed by atoms with Crippen molar-refractivity contribution >= 4 is 17.3 Å². The van der Waals surface area contributed by atoms with Crippen LogP contribution in [0.3, 0.4) is 0 Å². The maximum absolute atomic E-state index is 13.1. The highest BCUT2D eigenvalue weighted by Gasteiger charge is 2.12. The number of rotatable bonds is 5. The molecule has 22 heavy (non-hydrogen) atoms. The first-order chi connectivity index (χ1) is 10.5. The summed E-state index contributed by atoms with van der Waals surface area (Å²) >= 11 is 0. The molecular formula is C16H17FN2O3. The largest absolute Gasteiger partial charge is 0.493 e. The molecular weight excluding hydrogens is 287 g/mol. The molecule has 0 radical (unpaired) electrons. The van der Waals surface area contributed by atoms with Crippen LogP contribution in [0.5, 0.6) is 11.5 Å². The molecule has 6 heteroatoms. The number of anilines is 2. The quantitative estimate of drug-likeness (QED) is 0.833. The van der Waals surface area contributed by atoms with Crippen molar-refractivity contribution in [3.63, 3.8) is 0 Å². The summed E-state index contributed by atoms with van der Waals surface area (Å²) in [4.78, 5) is 12.0. The zero-order chi connectivity index (χ0) is 16.1. The van der Waals surface area contributed by atoms with Crippen LogP contribution in [0.1, 0.15) is 5.56 Å². The van der Waals surface area contributed by atoms with Gasteiger partial charge in [-0.05, 0) is 29.8 Å². The van der Waals surface area contributed by atoms with Crippen LogP contribution < -0.4 is 20.5 Å². The van der Waals surface area contributed by atoms with Crippen molar-refractivity contribution < 1.29 is 18.7 Å². The smallest absolute Gasteiger partial charge is 0.228 e. The van der Waals surface area contributed by atoms with Gasteiger partial charge in [-0.2, -0.15) is 0 Å². The summed E-state index contributed by atoms with van der Waals surface area (Å²) in [7, 11) is 3.01. The van der Waals surface area contributed by atoms with E-state index in [0.717, 1.165) is 0 Å². The number of ether oxygens (including phenoxy) is 2. The topological polar surface area (TPSA) is 73.6 Å². The Bertz CT molecular complexity index is 689. The Morgan fingerprint density at radius 1 is 1.18 bits per heavy atom. The van der Waals surface area contributed by atoms with E-state index < -0.39 is 5.82 Å². The van der Waals surface area contributed by atoms with Crippen molar-refractivity contribution in [2.45, 2.75) is 6.42 Å². The highest BCUT2D eigenvalue weighted by atomic mass is 19.1. The Hall–Kier alpha value is -2.76. The fourth-order valence-corrected chi connectivity index (χ4v) is 2.03. The summed E-state index contributed by atoms with van der Waals surface area (Å²) in [6.07, 6.45) is 0.0443. The Labute approximate surface area is 127 Å². The van der Waals surface area contributed by atoms with Crippen LogP contribution in [0.25, 0.3) is 0 Å². The van der Waals surface area contributed by atoms with Gasteiger partial charge in [0.25, 0.3) is 0 Å². The highest BCUT2D eigenvalue weighted by Crippen LogP contribution is 2.32. The summed E-state index contributed by atoms with van der Waals surface area (Å²) in [5.74, 6) is 0.271. The molecule has 1 amide bonds.